The predicted molar refractivity (Wildman–Crippen MR) is 61.8 cm³/mol. The van der Waals surface area contributed by atoms with Crippen molar-refractivity contribution in [3.05, 3.63) is 34.1 Å². The van der Waals surface area contributed by atoms with Crippen LogP contribution in [-0.2, 0) is 0 Å². The Morgan fingerprint density at radius 2 is 2.27 bits per heavy atom. The van der Waals surface area contributed by atoms with Crippen LogP contribution in [0.1, 0.15) is 16.8 Å². The lowest BCUT2D eigenvalue weighted by molar-refractivity contribution is 0.0949. The lowest BCUT2D eigenvalue weighted by Crippen LogP contribution is -2.25. The maximum atomic E-state index is 13.2. The molecule has 1 amide bonds. The third kappa shape index (κ3) is 3.80. The fourth-order valence-electron chi connectivity index (χ4n) is 1.04. The van der Waals surface area contributed by atoms with Gasteiger partial charge in [0.2, 0.25) is 0 Å². The number of carbonyl (C=O) groups is 1. The van der Waals surface area contributed by atoms with E-state index in [1.54, 1.807) is 6.07 Å². The molecule has 15 heavy (non-hydrogen) atoms. The number of hydrogen-bond donors (Lipinski definition) is 1. The molecule has 0 aliphatic carbocycles. The van der Waals surface area contributed by atoms with Crippen molar-refractivity contribution < 1.29 is 9.18 Å². The SMILES string of the molecule is O=C(NCCCCl)c1cc(Br)ccc1F. The molecule has 0 fully saturated rings. The van der Waals surface area contributed by atoms with Crippen molar-refractivity contribution in [1.82, 2.24) is 5.32 Å². The highest BCUT2D eigenvalue weighted by atomic mass is 79.9. The van der Waals surface area contributed by atoms with Crippen molar-refractivity contribution in [2.45, 2.75) is 6.42 Å². The van der Waals surface area contributed by atoms with Crippen LogP contribution in [-0.4, -0.2) is 18.3 Å². The normalized spacial score (nSPS) is 10.1. The van der Waals surface area contributed by atoms with E-state index in [-0.39, 0.29) is 5.56 Å². The van der Waals surface area contributed by atoms with Gasteiger partial charge in [-0.1, -0.05) is 15.9 Å². The quantitative estimate of drug-likeness (QED) is 0.671. The van der Waals surface area contributed by atoms with Crippen LogP contribution in [0.4, 0.5) is 4.39 Å². The number of halogens is 3. The van der Waals surface area contributed by atoms with E-state index in [1.165, 1.54) is 12.1 Å². The molecule has 0 unspecified atom stereocenters. The Morgan fingerprint density at radius 1 is 1.53 bits per heavy atom. The van der Waals surface area contributed by atoms with Gasteiger partial charge in [-0.25, -0.2) is 4.39 Å². The molecule has 0 atom stereocenters. The predicted octanol–water partition coefficient (Wildman–Crippen LogP) is 2.95. The van der Waals surface area contributed by atoms with Crippen molar-refractivity contribution in [1.29, 1.82) is 0 Å². The Kier molecular flexibility index (Phi) is 5.05. The topological polar surface area (TPSA) is 29.1 Å². The highest BCUT2D eigenvalue weighted by Crippen LogP contribution is 2.15. The average Bonchev–Trinajstić information content (AvgIpc) is 2.22. The molecule has 0 saturated heterocycles. The lowest BCUT2D eigenvalue weighted by Gasteiger charge is -2.05. The Hall–Kier alpha value is -0.610. The molecule has 0 radical (unpaired) electrons. The number of hydrogen-bond acceptors (Lipinski definition) is 1. The van der Waals surface area contributed by atoms with Crippen molar-refractivity contribution in [2.24, 2.45) is 0 Å². The molecule has 0 aromatic heterocycles. The average molecular weight is 295 g/mol. The van der Waals surface area contributed by atoms with Crippen LogP contribution in [0.5, 0.6) is 0 Å². The van der Waals surface area contributed by atoms with E-state index in [9.17, 15) is 9.18 Å². The summed E-state index contributed by atoms with van der Waals surface area (Å²) in [6, 6.07) is 4.25. The monoisotopic (exact) mass is 293 g/mol. The summed E-state index contributed by atoms with van der Waals surface area (Å²) >= 11 is 8.63. The highest BCUT2D eigenvalue weighted by Gasteiger charge is 2.10. The number of benzene rings is 1. The van der Waals surface area contributed by atoms with Crippen LogP contribution in [0.15, 0.2) is 22.7 Å². The van der Waals surface area contributed by atoms with Crippen molar-refractivity contribution in [3.63, 3.8) is 0 Å². The van der Waals surface area contributed by atoms with E-state index in [1.807, 2.05) is 0 Å². The summed E-state index contributed by atoms with van der Waals surface area (Å²) in [5, 5.41) is 2.58. The van der Waals surface area contributed by atoms with Gasteiger partial charge in [-0.3, -0.25) is 4.79 Å². The Bertz CT molecular complexity index is 359. The smallest absolute Gasteiger partial charge is 0.254 e. The van der Waals surface area contributed by atoms with Gasteiger partial charge in [-0.05, 0) is 24.6 Å². The number of carbonyl (C=O) groups excluding carboxylic acids is 1. The fraction of sp³-hybridized carbons (Fsp3) is 0.300. The van der Waals surface area contributed by atoms with E-state index in [4.69, 9.17) is 11.6 Å². The highest BCUT2D eigenvalue weighted by molar-refractivity contribution is 9.10. The van der Waals surface area contributed by atoms with Gasteiger partial charge in [0.15, 0.2) is 0 Å². The zero-order valence-electron chi connectivity index (χ0n) is 7.90. The Balaban J connectivity index is 2.68. The summed E-state index contributed by atoms with van der Waals surface area (Å²) in [7, 11) is 0. The van der Waals surface area contributed by atoms with E-state index >= 15 is 0 Å². The summed E-state index contributed by atoms with van der Waals surface area (Å²) in [6.07, 6.45) is 0.670. The van der Waals surface area contributed by atoms with Gasteiger partial charge < -0.3 is 5.32 Å². The first-order valence-corrected chi connectivity index (χ1v) is 5.77. The molecule has 82 valence electrons. The van der Waals surface area contributed by atoms with Gasteiger partial charge in [0, 0.05) is 16.9 Å². The largest absolute Gasteiger partial charge is 0.352 e. The van der Waals surface area contributed by atoms with Crippen molar-refractivity contribution >= 4 is 33.4 Å². The zero-order chi connectivity index (χ0) is 11.3. The van der Waals surface area contributed by atoms with Gasteiger partial charge in [0.25, 0.3) is 5.91 Å². The molecule has 0 aliphatic rings. The molecule has 1 N–H and O–H groups in total. The summed E-state index contributed by atoms with van der Waals surface area (Å²) in [5.41, 5.74) is 0.0407. The number of rotatable bonds is 4. The number of alkyl halides is 1. The maximum Gasteiger partial charge on any atom is 0.254 e. The van der Waals surface area contributed by atoms with Crippen LogP contribution in [0.3, 0.4) is 0 Å². The van der Waals surface area contributed by atoms with E-state index in [2.05, 4.69) is 21.2 Å². The minimum Gasteiger partial charge on any atom is -0.352 e. The van der Waals surface area contributed by atoms with Crippen molar-refractivity contribution in [2.75, 3.05) is 12.4 Å². The Morgan fingerprint density at radius 3 is 2.93 bits per heavy atom. The maximum absolute atomic E-state index is 13.2. The second-order valence-corrected chi connectivity index (χ2v) is 4.22. The first-order valence-electron chi connectivity index (χ1n) is 4.44. The molecule has 0 bridgehead atoms. The van der Waals surface area contributed by atoms with E-state index in [0.29, 0.717) is 23.3 Å². The summed E-state index contributed by atoms with van der Waals surface area (Å²) in [4.78, 5) is 11.5. The minimum absolute atomic E-state index is 0.0407. The van der Waals surface area contributed by atoms with Crippen LogP contribution in [0.2, 0.25) is 0 Å². The third-order valence-electron chi connectivity index (χ3n) is 1.77. The zero-order valence-corrected chi connectivity index (χ0v) is 10.2. The van der Waals surface area contributed by atoms with E-state index < -0.39 is 11.7 Å². The molecule has 5 heteroatoms. The van der Waals surface area contributed by atoms with Gasteiger partial charge in [0.05, 0.1) is 5.56 Å². The first-order chi connectivity index (χ1) is 7.15. The third-order valence-corrected chi connectivity index (χ3v) is 2.53. The number of amides is 1. The van der Waals surface area contributed by atoms with Crippen LogP contribution >= 0.6 is 27.5 Å². The molecular formula is C10H10BrClFNO. The molecule has 2 nitrogen and oxygen atoms in total. The molecule has 0 spiro atoms. The van der Waals surface area contributed by atoms with Crippen LogP contribution < -0.4 is 5.32 Å². The second kappa shape index (κ2) is 6.08. The molecule has 1 aromatic carbocycles. The lowest BCUT2D eigenvalue weighted by atomic mass is 10.2. The standard InChI is InChI=1S/C10H10BrClFNO/c11-7-2-3-9(13)8(6-7)10(15)14-5-1-4-12/h2-3,6H,1,4-5H2,(H,14,15). The Labute approximate surface area is 101 Å². The second-order valence-electron chi connectivity index (χ2n) is 2.92. The summed E-state index contributed by atoms with van der Waals surface area (Å²) in [6.45, 7) is 0.453. The van der Waals surface area contributed by atoms with Crippen LogP contribution in [0, 0.1) is 5.82 Å². The fourth-order valence-corrected chi connectivity index (χ4v) is 1.53. The summed E-state index contributed by atoms with van der Waals surface area (Å²) < 4.78 is 13.9. The van der Waals surface area contributed by atoms with Gasteiger partial charge in [-0.2, -0.15) is 0 Å². The molecular weight excluding hydrogens is 284 g/mol. The van der Waals surface area contributed by atoms with Gasteiger partial charge >= 0.3 is 0 Å². The van der Waals surface area contributed by atoms with Gasteiger partial charge in [0.1, 0.15) is 5.82 Å². The minimum atomic E-state index is -0.526. The molecule has 0 aliphatic heterocycles. The molecule has 0 saturated carbocycles. The molecule has 1 aromatic rings. The van der Waals surface area contributed by atoms with Crippen molar-refractivity contribution in [3.8, 4) is 0 Å². The van der Waals surface area contributed by atoms with Crippen LogP contribution in [0.25, 0.3) is 0 Å². The molecule has 1 rings (SSSR count). The number of nitrogens with one attached hydrogen (secondary N) is 1. The van der Waals surface area contributed by atoms with E-state index in [0.717, 1.165) is 0 Å². The van der Waals surface area contributed by atoms with Gasteiger partial charge in [-0.15, -0.1) is 11.6 Å². The molecule has 0 heterocycles. The summed E-state index contributed by atoms with van der Waals surface area (Å²) in [5.74, 6) is -0.471. The first kappa shape index (κ1) is 12.5.